The van der Waals surface area contributed by atoms with Gasteiger partial charge >= 0.3 is 0 Å². The van der Waals surface area contributed by atoms with Crippen LogP contribution >= 0.6 is 11.3 Å². The van der Waals surface area contributed by atoms with Crippen molar-refractivity contribution in [3.05, 3.63) is 88.0 Å². The number of carbonyl (C=O) groups is 2. The molecule has 30 heavy (non-hydrogen) atoms. The molecule has 0 aliphatic carbocycles. The second-order valence-electron chi connectivity index (χ2n) is 8.20. The van der Waals surface area contributed by atoms with Crippen LogP contribution in [0.3, 0.4) is 0 Å². The largest absolute Gasteiger partial charge is 0.350 e. The van der Waals surface area contributed by atoms with Gasteiger partial charge in [-0.05, 0) is 46.7 Å². The van der Waals surface area contributed by atoms with Crippen molar-refractivity contribution >= 4 is 34.4 Å². The Morgan fingerprint density at radius 2 is 1.73 bits per heavy atom. The number of benzene rings is 1. The number of hydrogen-bond donors (Lipinski definition) is 1. The van der Waals surface area contributed by atoms with Gasteiger partial charge in [0, 0.05) is 16.8 Å². The van der Waals surface area contributed by atoms with Crippen LogP contribution in [-0.4, -0.2) is 21.7 Å². The first-order chi connectivity index (χ1) is 14.3. The maximum Gasteiger partial charge on any atom is 0.278 e. The Labute approximate surface area is 180 Å². The molecule has 1 N–H and O–H groups in total. The first kappa shape index (κ1) is 20.0. The summed E-state index contributed by atoms with van der Waals surface area (Å²) in [6.07, 6.45) is 1.66. The third-order valence-corrected chi connectivity index (χ3v) is 5.89. The van der Waals surface area contributed by atoms with Gasteiger partial charge in [-0.3, -0.25) is 19.5 Å². The minimum atomic E-state index is -0.339. The lowest BCUT2D eigenvalue weighted by atomic mass is 9.87. The molecule has 0 saturated heterocycles. The van der Waals surface area contributed by atoms with Gasteiger partial charge in [0.25, 0.3) is 11.8 Å². The van der Waals surface area contributed by atoms with E-state index in [1.54, 1.807) is 12.3 Å². The molecule has 2 aromatic heterocycles. The Balaban J connectivity index is 1.67. The molecule has 3 heterocycles. The second-order valence-corrected chi connectivity index (χ2v) is 9.14. The van der Waals surface area contributed by atoms with Crippen LogP contribution < -0.4 is 5.32 Å². The highest BCUT2D eigenvalue weighted by atomic mass is 32.1. The molecule has 152 valence electrons. The average molecular weight is 418 g/mol. The number of rotatable bonds is 5. The SMILES string of the molecule is CC(C)(C)c1ccc(NC2=C(c3cccs3)C(=O)N(Cc3ccccn3)C2=O)cc1. The van der Waals surface area contributed by atoms with E-state index < -0.39 is 0 Å². The summed E-state index contributed by atoms with van der Waals surface area (Å²) < 4.78 is 0. The van der Waals surface area contributed by atoms with Crippen molar-refractivity contribution in [3.63, 3.8) is 0 Å². The van der Waals surface area contributed by atoms with E-state index in [1.807, 2.05) is 53.9 Å². The number of hydrogen-bond acceptors (Lipinski definition) is 5. The van der Waals surface area contributed by atoms with Gasteiger partial charge in [0.1, 0.15) is 5.70 Å². The summed E-state index contributed by atoms with van der Waals surface area (Å²) in [5, 5.41) is 5.11. The minimum Gasteiger partial charge on any atom is -0.350 e. The zero-order valence-electron chi connectivity index (χ0n) is 17.2. The Kier molecular flexibility index (Phi) is 5.26. The van der Waals surface area contributed by atoms with Gasteiger partial charge in [0.05, 0.1) is 17.8 Å². The van der Waals surface area contributed by atoms with Gasteiger partial charge in [-0.2, -0.15) is 0 Å². The van der Waals surface area contributed by atoms with Crippen LogP contribution in [0.25, 0.3) is 5.57 Å². The van der Waals surface area contributed by atoms with E-state index in [-0.39, 0.29) is 23.8 Å². The van der Waals surface area contributed by atoms with Crippen molar-refractivity contribution in [2.75, 3.05) is 5.32 Å². The summed E-state index contributed by atoms with van der Waals surface area (Å²) in [6, 6.07) is 17.2. The molecule has 4 rings (SSSR count). The summed E-state index contributed by atoms with van der Waals surface area (Å²) in [6.45, 7) is 6.60. The molecule has 1 aliphatic rings. The van der Waals surface area contributed by atoms with Gasteiger partial charge in [0.15, 0.2) is 0 Å². The number of imide groups is 1. The Hall–Kier alpha value is -3.25. The van der Waals surface area contributed by atoms with Crippen LogP contribution in [0.15, 0.2) is 71.9 Å². The first-order valence-electron chi connectivity index (χ1n) is 9.76. The van der Waals surface area contributed by atoms with Gasteiger partial charge in [-0.15, -0.1) is 11.3 Å². The van der Waals surface area contributed by atoms with Gasteiger partial charge in [-0.1, -0.05) is 45.0 Å². The molecule has 5 nitrogen and oxygen atoms in total. The van der Waals surface area contributed by atoms with Gasteiger partial charge in [0.2, 0.25) is 0 Å². The lowest BCUT2D eigenvalue weighted by Gasteiger charge is -2.19. The summed E-state index contributed by atoms with van der Waals surface area (Å²) in [7, 11) is 0. The number of nitrogens with zero attached hydrogens (tertiary/aromatic N) is 2. The summed E-state index contributed by atoms with van der Waals surface area (Å²) in [4.78, 5) is 32.7. The Morgan fingerprint density at radius 1 is 0.967 bits per heavy atom. The Bertz CT molecular complexity index is 1100. The molecule has 2 amide bonds. The van der Waals surface area contributed by atoms with E-state index in [4.69, 9.17) is 0 Å². The average Bonchev–Trinajstić information content (AvgIpc) is 3.32. The number of nitrogens with one attached hydrogen (secondary N) is 1. The fraction of sp³-hybridized carbons (Fsp3) is 0.208. The summed E-state index contributed by atoms with van der Waals surface area (Å²) in [5.74, 6) is -0.643. The van der Waals surface area contributed by atoms with Crippen molar-refractivity contribution in [1.82, 2.24) is 9.88 Å². The maximum absolute atomic E-state index is 13.2. The zero-order chi connectivity index (χ0) is 21.3. The monoisotopic (exact) mass is 417 g/mol. The maximum atomic E-state index is 13.2. The van der Waals surface area contributed by atoms with E-state index in [9.17, 15) is 9.59 Å². The van der Waals surface area contributed by atoms with Gasteiger partial charge < -0.3 is 5.32 Å². The Morgan fingerprint density at radius 3 is 2.33 bits per heavy atom. The second kappa shape index (κ2) is 7.88. The van der Waals surface area contributed by atoms with Crippen LogP contribution in [0.5, 0.6) is 0 Å². The molecule has 1 aromatic carbocycles. The van der Waals surface area contributed by atoms with E-state index in [2.05, 4.69) is 31.1 Å². The number of carbonyl (C=O) groups excluding carboxylic acids is 2. The van der Waals surface area contributed by atoms with Crippen LogP contribution in [0.2, 0.25) is 0 Å². The topological polar surface area (TPSA) is 62.3 Å². The quantitative estimate of drug-likeness (QED) is 0.604. The highest BCUT2D eigenvalue weighted by molar-refractivity contribution is 7.11. The van der Waals surface area contributed by atoms with Crippen molar-refractivity contribution < 1.29 is 9.59 Å². The number of anilines is 1. The van der Waals surface area contributed by atoms with E-state index in [0.29, 0.717) is 17.0 Å². The molecule has 0 fully saturated rings. The molecule has 0 spiro atoms. The number of pyridine rings is 1. The minimum absolute atomic E-state index is 0.0402. The standard InChI is InChI=1S/C24H23N3O2S/c1-24(2,3)16-9-11-17(12-10-16)26-21-20(19-8-6-14-30-19)22(28)27(23(21)29)15-18-7-4-5-13-25-18/h4-14,26H,15H2,1-3H3. The summed E-state index contributed by atoms with van der Waals surface area (Å²) in [5.41, 5.74) is 3.39. The van der Waals surface area contributed by atoms with E-state index >= 15 is 0 Å². The van der Waals surface area contributed by atoms with E-state index in [0.717, 1.165) is 10.6 Å². The zero-order valence-corrected chi connectivity index (χ0v) is 18.0. The third-order valence-electron chi connectivity index (χ3n) is 5.00. The van der Waals surface area contributed by atoms with Crippen molar-refractivity contribution in [3.8, 4) is 0 Å². The number of aromatic nitrogens is 1. The lowest BCUT2D eigenvalue weighted by molar-refractivity contribution is -0.137. The molecule has 0 bridgehead atoms. The normalized spacial score (nSPS) is 14.6. The van der Waals surface area contributed by atoms with Crippen molar-refractivity contribution in [2.45, 2.75) is 32.7 Å². The van der Waals surface area contributed by atoms with Crippen LogP contribution in [0.1, 0.15) is 36.9 Å². The molecule has 1 aliphatic heterocycles. The molecule has 0 radical (unpaired) electrons. The van der Waals surface area contributed by atoms with Crippen LogP contribution in [0.4, 0.5) is 5.69 Å². The van der Waals surface area contributed by atoms with E-state index in [1.165, 1.54) is 21.8 Å². The fourth-order valence-electron chi connectivity index (χ4n) is 3.34. The molecule has 0 atom stereocenters. The highest BCUT2D eigenvalue weighted by Crippen LogP contribution is 2.34. The smallest absolute Gasteiger partial charge is 0.278 e. The van der Waals surface area contributed by atoms with Crippen molar-refractivity contribution in [2.24, 2.45) is 0 Å². The lowest BCUT2D eigenvalue weighted by Crippen LogP contribution is -2.32. The molecule has 0 saturated carbocycles. The van der Waals surface area contributed by atoms with Crippen molar-refractivity contribution in [1.29, 1.82) is 0 Å². The predicted octanol–water partition coefficient (Wildman–Crippen LogP) is 4.83. The third kappa shape index (κ3) is 3.91. The molecular weight excluding hydrogens is 394 g/mol. The predicted molar refractivity (Wildman–Crippen MR) is 120 cm³/mol. The number of amides is 2. The first-order valence-corrected chi connectivity index (χ1v) is 10.6. The molecule has 0 unspecified atom stereocenters. The molecule has 6 heteroatoms. The van der Waals surface area contributed by atoms with Crippen LogP contribution in [0, 0.1) is 0 Å². The highest BCUT2D eigenvalue weighted by Gasteiger charge is 2.39. The van der Waals surface area contributed by atoms with Crippen LogP contribution in [-0.2, 0) is 21.5 Å². The number of thiophene rings is 1. The molecule has 3 aromatic rings. The fourth-order valence-corrected chi connectivity index (χ4v) is 4.10. The van der Waals surface area contributed by atoms with Gasteiger partial charge in [-0.25, -0.2) is 0 Å². The molecular formula is C24H23N3O2S. The summed E-state index contributed by atoms with van der Waals surface area (Å²) >= 11 is 1.44.